The van der Waals surface area contributed by atoms with Crippen molar-refractivity contribution in [2.75, 3.05) is 0 Å². The number of hydrogen-bond acceptors (Lipinski definition) is 0. The third-order valence-electron chi connectivity index (χ3n) is 8.49. The van der Waals surface area contributed by atoms with Gasteiger partial charge in [-0.05, 0) is 90.1 Å². The maximum Gasteiger partial charge on any atom is 0.220 e. The highest BCUT2D eigenvalue weighted by molar-refractivity contribution is 5.94. The smallest absolute Gasteiger partial charge is 0.198 e. The molecule has 3 aliphatic carbocycles. The van der Waals surface area contributed by atoms with Crippen LogP contribution in [0.25, 0.3) is 22.0 Å². The lowest BCUT2D eigenvalue weighted by Gasteiger charge is -2.18. The van der Waals surface area contributed by atoms with Crippen LogP contribution in [0.1, 0.15) is 86.1 Å². The van der Waals surface area contributed by atoms with E-state index in [2.05, 4.69) is 55.8 Å². The number of hydrogen-bond donors (Lipinski definition) is 0. The Morgan fingerprint density at radius 2 is 1.70 bits per heavy atom. The first kappa shape index (κ1) is 17.5. The summed E-state index contributed by atoms with van der Waals surface area (Å²) in [6.07, 6.45) is 10.8. The molecule has 2 fully saturated rings. The summed E-state index contributed by atoms with van der Waals surface area (Å²) in [4.78, 5) is 0. The first-order chi connectivity index (χ1) is 15.0. The van der Waals surface area contributed by atoms with Gasteiger partial charge < -0.3 is 0 Å². The Bertz CT molecular complexity index is 1200. The minimum absolute atomic E-state index is 0.687. The highest BCUT2D eigenvalue weighted by Gasteiger charge is 2.38. The Morgan fingerprint density at radius 1 is 0.967 bits per heavy atom. The van der Waals surface area contributed by atoms with Crippen LogP contribution in [0.2, 0.25) is 0 Å². The van der Waals surface area contributed by atoms with E-state index >= 15 is 0 Å². The fourth-order valence-electron chi connectivity index (χ4n) is 6.78. The van der Waals surface area contributed by atoms with Crippen LogP contribution in [0.5, 0.6) is 0 Å². The quantitative estimate of drug-likeness (QED) is 0.417. The van der Waals surface area contributed by atoms with E-state index in [0.29, 0.717) is 6.04 Å². The molecule has 2 bridgehead atoms. The third-order valence-corrected chi connectivity index (χ3v) is 8.49. The predicted molar refractivity (Wildman–Crippen MR) is 125 cm³/mol. The van der Waals surface area contributed by atoms with Gasteiger partial charge in [0.2, 0.25) is 5.69 Å². The minimum Gasteiger partial charge on any atom is -0.198 e. The second-order valence-corrected chi connectivity index (χ2v) is 10.4. The van der Waals surface area contributed by atoms with Crippen molar-refractivity contribution >= 4 is 10.8 Å². The molecule has 0 spiro atoms. The summed E-state index contributed by atoms with van der Waals surface area (Å²) in [6.45, 7) is 4.39. The molecular weight excluding hydrogens is 362 g/mol. The molecule has 2 aromatic carbocycles. The predicted octanol–water partition coefficient (Wildman–Crippen LogP) is 7.05. The molecule has 6 rings (SSSR count). The fraction of sp³-hybridized carbons (Fsp3) is 0.483. The van der Waals surface area contributed by atoms with E-state index in [0.717, 1.165) is 28.8 Å². The van der Waals surface area contributed by atoms with Gasteiger partial charge in [-0.15, -0.1) is 0 Å². The Hall–Kier alpha value is -2.15. The molecule has 0 aliphatic heterocycles. The van der Waals surface area contributed by atoms with Gasteiger partial charge in [0, 0.05) is 13.0 Å². The molecule has 1 nitrogen and oxygen atoms in total. The zero-order valence-corrected chi connectivity index (χ0v) is 18.7. The van der Waals surface area contributed by atoms with Crippen LogP contribution >= 0.6 is 0 Å². The summed E-state index contributed by atoms with van der Waals surface area (Å²) < 4.78 is 11.2. The lowest BCUT2D eigenvalue weighted by atomic mass is 9.86. The van der Waals surface area contributed by atoms with Crippen molar-refractivity contribution in [1.82, 2.24) is 0 Å². The number of aryl methyl sites for hydroxylation is 1. The second-order valence-electron chi connectivity index (χ2n) is 10.4. The summed E-state index contributed by atoms with van der Waals surface area (Å²) >= 11 is 0. The molecule has 1 heterocycles. The van der Waals surface area contributed by atoms with Gasteiger partial charge in [-0.1, -0.05) is 43.9 Å². The summed E-state index contributed by atoms with van der Waals surface area (Å²) in [7, 11) is 2.15. The SMILES string of the molecule is [2H]c1c(C)[n+](C)c(-c2cc3c(cc2C)C2CCC3C2)c2ccc(CC3CCCC3)cc12. The van der Waals surface area contributed by atoms with Gasteiger partial charge >= 0.3 is 0 Å². The molecule has 2 unspecified atom stereocenters. The van der Waals surface area contributed by atoms with Crippen LogP contribution in [0.15, 0.2) is 36.4 Å². The topological polar surface area (TPSA) is 3.88 Å². The minimum atomic E-state index is 0.687. The van der Waals surface area contributed by atoms with Crippen molar-refractivity contribution in [1.29, 1.82) is 0 Å². The molecule has 3 aliphatic rings. The molecule has 1 heteroatoms. The normalized spacial score (nSPS) is 23.4. The molecule has 0 radical (unpaired) electrons. The first-order valence-corrected chi connectivity index (χ1v) is 12.1. The van der Waals surface area contributed by atoms with E-state index in [9.17, 15) is 0 Å². The molecule has 30 heavy (non-hydrogen) atoms. The van der Waals surface area contributed by atoms with Gasteiger partial charge in [-0.3, -0.25) is 0 Å². The Kier molecular flexibility index (Phi) is 4.05. The van der Waals surface area contributed by atoms with Gasteiger partial charge in [-0.2, -0.15) is 4.57 Å². The van der Waals surface area contributed by atoms with Crippen LogP contribution in [-0.4, -0.2) is 0 Å². The molecule has 2 saturated carbocycles. The van der Waals surface area contributed by atoms with E-state index < -0.39 is 0 Å². The van der Waals surface area contributed by atoms with Crippen molar-refractivity contribution in [3.8, 4) is 11.3 Å². The molecule has 1 aromatic heterocycles. The number of nitrogens with zero attached hydrogens (tertiary/aromatic N) is 1. The molecule has 154 valence electrons. The van der Waals surface area contributed by atoms with E-state index in [1.807, 2.05) is 0 Å². The average Bonchev–Trinajstić information content (AvgIpc) is 3.51. The summed E-state index contributed by atoms with van der Waals surface area (Å²) in [5, 5.41) is 2.36. The lowest BCUT2D eigenvalue weighted by molar-refractivity contribution is -0.665. The van der Waals surface area contributed by atoms with Gasteiger partial charge in [-0.25, -0.2) is 0 Å². The number of benzene rings is 2. The third kappa shape index (κ3) is 2.85. The monoisotopic (exact) mass is 397 g/mol. The van der Waals surface area contributed by atoms with Gasteiger partial charge in [0.15, 0.2) is 5.69 Å². The zero-order chi connectivity index (χ0) is 21.3. The van der Waals surface area contributed by atoms with Crippen molar-refractivity contribution in [3.05, 3.63) is 64.3 Å². The van der Waals surface area contributed by atoms with Crippen molar-refractivity contribution < 1.29 is 5.94 Å². The Labute approximate surface area is 182 Å². The van der Waals surface area contributed by atoms with Crippen LogP contribution in [0, 0.1) is 19.8 Å². The molecule has 2 atom stereocenters. The summed E-state index contributed by atoms with van der Waals surface area (Å²) in [5.74, 6) is 2.40. The maximum absolute atomic E-state index is 8.89. The average molecular weight is 398 g/mol. The molecule has 0 N–H and O–H groups in total. The van der Waals surface area contributed by atoms with Crippen LogP contribution in [-0.2, 0) is 13.5 Å². The van der Waals surface area contributed by atoms with Gasteiger partial charge in [0.05, 0.1) is 12.3 Å². The van der Waals surface area contributed by atoms with Crippen molar-refractivity contribution in [2.24, 2.45) is 13.0 Å². The summed E-state index contributed by atoms with van der Waals surface area (Å²) in [5.41, 5.74) is 9.74. The maximum atomic E-state index is 8.89. The van der Waals surface area contributed by atoms with E-state index in [1.54, 1.807) is 11.1 Å². The van der Waals surface area contributed by atoms with Gasteiger partial charge in [0.25, 0.3) is 0 Å². The summed E-state index contributed by atoms with van der Waals surface area (Å²) in [6, 6.07) is 12.7. The van der Waals surface area contributed by atoms with Crippen LogP contribution in [0.3, 0.4) is 0 Å². The van der Waals surface area contributed by atoms with Crippen molar-refractivity contribution in [3.63, 3.8) is 0 Å². The number of pyridine rings is 1. The highest BCUT2D eigenvalue weighted by Crippen LogP contribution is 2.54. The zero-order valence-electron chi connectivity index (χ0n) is 19.7. The van der Waals surface area contributed by atoms with E-state index in [4.69, 9.17) is 1.37 Å². The Morgan fingerprint density at radius 3 is 2.47 bits per heavy atom. The Balaban J connectivity index is 1.53. The number of aromatic nitrogens is 1. The molecule has 0 saturated heterocycles. The molecule has 0 amide bonds. The lowest BCUT2D eigenvalue weighted by Crippen LogP contribution is -2.35. The first-order valence-electron chi connectivity index (χ1n) is 12.6. The second kappa shape index (κ2) is 6.94. The van der Waals surface area contributed by atoms with E-state index in [1.165, 1.54) is 79.1 Å². The van der Waals surface area contributed by atoms with Gasteiger partial charge in [0.1, 0.15) is 7.05 Å². The molecular formula is C29H34N+. The van der Waals surface area contributed by atoms with Crippen LogP contribution in [0.4, 0.5) is 0 Å². The largest absolute Gasteiger partial charge is 0.220 e. The number of rotatable bonds is 3. The van der Waals surface area contributed by atoms with E-state index in [-0.39, 0.29) is 0 Å². The highest BCUT2D eigenvalue weighted by atomic mass is 14.9. The van der Waals surface area contributed by atoms with Crippen LogP contribution < -0.4 is 4.57 Å². The number of fused-ring (bicyclic) bond motifs is 6. The fourth-order valence-corrected chi connectivity index (χ4v) is 6.78. The molecule has 3 aromatic rings. The van der Waals surface area contributed by atoms with Crippen molar-refractivity contribution in [2.45, 2.75) is 77.0 Å². The standard InChI is InChI=1S/C29H34N/c1-18-12-27-22-9-10-23(16-22)28(27)17-26(18)29-25-11-8-21(14-20-6-4-5-7-20)15-24(25)13-19(2)30(29)3/h8,11-13,15,17,20,22-23H,4-7,9-10,14,16H2,1-3H3/q+1/i13D.